The molecule has 100 valence electrons. The Kier molecular flexibility index (Phi) is 5.13. The molecule has 5 nitrogen and oxygen atoms in total. The maximum Gasteiger partial charge on any atom is 0.322 e. The molecule has 1 rings (SSSR count). The molecule has 0 bridgehead atoms. The van der Waals surface area contributed by atoms with Crippen molar-refractivity contribution in [1.82, 2.24) is 4.72 Å². The predicted octanol–water partition coefficient (Wildman–Crippen LogP) is 1.49. The van der Waals surface area contributed by atoms with E-state index in [1.165, 1.54) is 0 Å². The van der Waals surface area contributed by atoms with Crippen molar-refractivity contribution in [3.05, 3.63) is 34.9 Å². The van der Waals surface area contributed by atoms with Crippen LogP contribution < -0.4 is 4.72 Å². The number of rotatable bonds is 5. The van der Waals surface area contributed by atoms with Gasteiger partial charge in [0.2, 0.25) is 10.0 Å². The van der Waals surface area contributed by atoms with E-state index >= 15 is 0 Å². The van der Waals surface area contributed by atoms with Gasteiger partial charge in [-0.3, -0.25) is 4.79 Å². The summed E-state index contributed by atoms with van der Waals surface area (Å²) in [5, 5.41) is 0.520. The van der Waals surface area contributed by atoms with Gasteiger partial charge >= 0.3 is 5.97 Å². The molecule has 7 heteroatoms. The van der Waals surface area contributed by atoms with E-state index in [-0.39, 0.29) is 0 Å². The lowest BCUT2D eigenvalue weighted by molar-refractivity contribution is -0.137. The molecule has 1 N–H and O–H groups in total. The van der Waals surface area contributed by atoms with Gasteiger partial charge in [-0.25, -0.2) is 13.1 Å². The zero-order valence-electron chi connectivity index (χ0n) is 10.0. The highest BCUT2D eigenvalue weighted by Gasteiger charge is 2.20. The van der Waals surface area contributed by atoms with Gasteiger partial charge in [-0.05, 0) is 24.6 Å². The molecule has 0 amide bonds. The molecule has 1 aromatic rings. The molecule has 0 unspecified atom stereocenters. The lowest BCUT2D eigenvalue weighted by Crippen LogP contribution is -2.32. The minimum absolute atomic E-state index is 0.474. The maximum absolute atomic E-state index is 11.6. The molecule has 0 aromatic heterocycles. The molecule has 0 saturated carbocycles. The van der Waals surface area contributed by atoms with E-state index < -0.39 is 27.8 Å². The summed E-state index contributed by atoms with van der Waals surface area (Å²) in [7, 11) is -2.58. The summed E-state index contributed by atoms with van der Waals surface area (Å²) >= 11 is 5.82. The summed E-state index contributed by atoms with van der Waals surface area (Å²) in [5.74, 6) is -1.50. The summed E-state index contributed by atoms with van der Waals surface area (Å²) < 4.78 is 29.9. The largest absolute Gasteiger partial charge is 0.468 e. The lowest BCUT2D eigenvalue weighted by Gasteiger charge is -2.14. The number of hydrogen-bond donors (Lipinski definition) is 1. The molecule has 0 saturated heterocycles. The van der Waals surface area contributed by atoms with Crippen LogP contribution in [0.2, 0.25) is 5.02 Å². The number of halogens is 1. The number of carbonyl (C=O) groups is 1. The molecule has 0 aliphatic rings. The second-order valence-corrected chi connectivity index (χ2v) is 5.92. The average molecular weight is 292 g/mol. The van der Waals surface area contributed by atoms with Crippen molar-refractivity contribution in [2.24, 2.45) is 0 Å². The third-order valence-electron chi connectivity index (χ3n) is 2.24. The van der Waals surface area contributed by atoms with E-state index in [9.17, 15) is 13.2 Å². The van der Waals surface area contributed by atoms with Crippen LogP contribution >= 0.6 is 11.6 Å². The van der Waals surface area contributed by atoms with E-state index in [1.54, 1.807) is 31.2 Å². The zero-order valence-corrected chi connectivity index (χ0v) is 11.6. The molecule has 0 aliphatic heterocycles. The molecular weight excluding hydrogens is 278 g/mol. The second-order valence-electron chi connectivity index (χ2n) is 3.73. The third kappa shape index (κ3) is 4.64. The summed E-state index contributed by atoms with van der Waals surface area (Å²) in [6, 6.07) is 6.35. The molecule has 18 heavy (non-hydrogen) atoms. The number of nitrogens with one attached hydrogen (secondary N) is 1. The minimum atomic E-state index is -3.72. The van der Waals surface area contributed by atoms with Crippen molar-refractivity contribution in [3.8, 4) is 0 Å². The number of hydrogen-bond acceptors (Lipinski definition) is 4. The quantitative estimate of drug-likeness (QED) is 0.834. The smallest absolute Gasteiger partial charge is 0.322 e. The fourth-order valence-electron chi connectivity index (χ4n) is 1.37. The normalized spacial score (nSPS) is 13.1. The summed E-state index contributed by atoms with van der Waals surface area (Å²) in [5.41, 5.74) is 0.718. The number of methoxy groups -OCH3 is 1. The number of esters is 1. The highest BCUT2D eigenvalue weighted by molar-refractivity contribution is 7.90. The molecular formula is C11H14ClNO4S. The van der Waals surface area contributed by atoms with E-state index in [0.29, 0.717) is 5.02 Å². The first-order chi connectivity index (χ1) is 8.34. The summed E-state index contributed by atoms with van der Waals surface area (Å²) in [6.45, 7) is 1.67. The van der Waals surface area contributed by atoms with E-state index in [2.05, 4.69) is 9.46 Å². The van der Waals surface area contributed by atoms with Crippen LogP contribution in [0.3, 0.4) is 0 Å². The first-order valence-corrected chi connectivity index (χ1v) is 7.19. The van der Waals surface area contributed by atoms with Crippen LogP contribution in [-0.4, -0.2) is 27.2 Å². The third-order valence-corrected chi connectivity index (χ3v) is 3.80. The highest BCUT2D eigenvalue weighted by Crippen LogP contribution is 2.17. The van der Waals surface area contributed by atoms with Crippen molar-refractivity contribution in [3.63, 3.8) is 0 Å². The van der Waals surface area contributed by atoms with Crippen molar-refractivity contribution in [2.45, 2.75) is 13.0 Å². The van der Waals surface area contributed by atoms with Crippen LogP contribution in [0.1, 0.15) is 18.5 Å². The van der Waals surface area contributed by atoms with Gasteiger partial charge in [0.25, 0.3) is 0 Å². The number of ether oxygens (including phenoxy) is 1. The van der Waals surface area contributed by atoms with E-state index in [4.69, 9.17) is 11.6 Å². The van der Waals surface area contributed by atoms with Gasteiger partial charge in [0.15, 0.2) is 5.75 Å². The van der Waals surface area contributed by atoms with Gasteiger partial charge in [0, 0.05) is 11.1 Å². The monoisotopic (exact) mass is 291 g/mol. The molecule has 0 aliphatic carbocycles. The molecule has 1 atom stereocenters. The van der Waals surface area contributed by atoms with Gasteiger partial charge in [-0.1, -0.05) is 23.7 Å². The molecule has 0 heterocycles. The second kappa shape index (κ2) is 6.17. The van der Waals surface area contributed by atoms with Gasteiger partial charge in [-0.15, -0.1) is 0 Å². The Morgan fingerprint density at radius 1 is 1.50 bits per heavy atom. The van der Waals surface area contributed by atoms with Gasteiger partial charge < -0.3 is 4.74 Å². The Morgan fingerprint density at radius 3 is 2.72 bits per heavy atom. The average Bonchev–Trinajstić information content (AvgIpc) is 2.27. The van der Waals surface area contributed by atoms with Crippen LogP contribution in [0.15, 0.2) is 24.3 Å². The first-order valence-electron chi connectivity index (χ1n) is 5.16. The van der Waals surface area contributed by atoms with Crippen molar-refractivity contribution < 1.29 is 17.9 Å². The molecule has 0 fully saturated rings. The Hall–Kier alpha value is -1.11. The van der Waals surface area contributed by atoms with Crippen LogP contribution in [-0.2, 0) is 19.6 Å². The van der Waals surface area contributed by atoms with E-state index in [1.807, 2.05) is 0 Å². The van der Waals surface area contributed by atoms with Crippen LogP contribution in [0, 0.1) is 0 Å². The maximum atomic E-state index is 11.6. The van der Waals surface area contributed by atoms with Gasteiger partial charge in [0.1, 0.15) is 0 Å². The highest BCUT2D eigenvalue weighted by atomic mass is 35.5. The predicted molar refractivity (Wildman–Crippen MR) is 68.8 cm³/mol. The van der Waals surface area contributed by atoms with Crippen molar-refractivity contribution >= 4 is 27.6 Å². The van der Waals surface area contributed by atoms with Crippen LogP contribution in [0.25, 0.3) is 0 Å². The Balaban J connectivity index is 2.75. The van der Waals surface area contributed by atoms with Crippen molar-refractivity contribution in [2.75, 3.05) is 12.9 Å². The first kappa shape index (κ1) is 14.9. The Morgan fingerprint density at radius 2 is 2.17 bits per heavy atom. The lowest BCUT2D eigenvalue weighted by atomic mass is 10.1. The molecule has 0 radical (unpaired) electrons. The zero-order chi connectivity index (χ0) is 13.8. The van der Waals surface area contributed by atoms with E-state index in [0.717, 1.165) is 12.7 Å². The van der Waals surface area contributed by atoms with Crippen molar-refractivity contribution in [1.29, 1.82) is 0 Å². The number of carbonyl (C=O) groups excluding carboxylic acids is 1. The standard InChI is InChI=1S/C11H14ClNO4S/c1-8(9-4-3-5-10(12)6-9)13-18(15,16)7-11(14)17-2/h3-6,8,13H,7H2,1-2H3/t8-/m0/s1. The minimum Gasteiger partial charge on any atom is -0.468 e. The van der Waals surface area contributed by atoms with Gasteiger partial charge in [-0.2, -0.15) is 0 Å². The SMILES string of the molecule is COC(=O)CS(=O)(=O)N[C@@H](C)c1cccc(Cl)c1. The summed E-state index contributed by atoms with van der Waals surface area (Å²) in [4.78, 5) is 10.9. The molecule has 1 aromatic carbocycles. The number of benzene rings is 1. The van der Waals surface area contributed by atoms with Crippen LogP contribution in [0.4, 0.5) is 0 Å². The summed E-state index contributed by atoms with van der Waals surface area (Å²) in [6.07, 6.45) is 0. The fourth-order valence-corrected chi connectivity index (χ4v) is 2.75. The fraction of sp³-hybridized carbons (Fsp3) is 0.364. The molecule has 0 spiro atoms. The Bertz CT molecular complexity index is 530. The number of sulfonamides is 1. The topological polar surface area (TPSA) is 72.5 Å². The van der Waals surface area contributed by atoms with Crippen LogP contribution in [0.5, 0.6) is 0 Å². The Labute approximate surface area is 111 Å². The van der Waals surface area contributed by atoms with Gasteiger partial charge in [0.05, 0.1) is 7.11 Å².